The molecule has 1 aromatic heterocycles. The number of pyridine rings is 1. The number of aromatic nitrogens is 1. The number of rotatable bonds is 11. The molecule has 0 saturated carbocycles. The predicted molar refractivity (Wildman–Crippen MR) is 162 cm³/mol. The summed E-state index contributed by atoms with van der Waals surface area (Å²) < 4.78 is 6.17. The van der Waals surface area contributed by atoms with E-state index in [1.807, 2.05) is 51.0 Å². The fourth-order valence-electron chi connectivity index (χ4n) is 4.65. The van der Waals surface area contributed by atoms with Crippen LogP contribution in [0.5, 0.6) is 0 Å². The summed E-state index contributed by atoms with van der Waals surface area (Å²) in [6, 6.07) is 17.8. The van der Waals surface area contributed by atoms with Gasteiger partial charge in [-0.25, -0.2) is 0 Å². The van der Waals surface area contributed by atoms with E-state index in [-0.39, 0.29) is 11.5 Å². The lowest BCUT2D eigenvalue weighted by Crippen LogP contribution is -2.36. The molecule has 0 aliphatic heterocycles. The molecule has 0 aliphatic rings. The minimum atomic E-state index is -0.568. The molecule has 2 N–H and O–H groups in total. The number of esters is 1. The second kappa shape index (κ2) is 15.8. The number of hydrogen-bond donors (Lipinski definition) is 1. The van der Waals surface area contributed by atoms with Gasteiger partial charge in [0.2, 0.25) is 5.91 Å². The molecule has 0 spiro atoms. The van der Waals surface area contributed by atoms with Gasteiger partial charge in [0.15, 0.2) is 0 Å². The highest BCUT2D eigenvalue weighted by Crippen LogP contribution is 2.28. The maximum Gasteiger partial charge on any atom is 0.305 e. The maximum absolute atomic E-state index is 12.4. The summed E-state index contributed by atoms with van der Waals surface area (Å²) in [6.45, 7) is 9.07. The summed E-state index contributed by atoms with van der Waals surface area (Å²) in [5, 5.41) is 0. The van der Waals surface area contributed by atoms with Crippen LogP contribution in [0.25, 0.3) is 11.1 Å². The van der Waals surface area contributed by atoms with Crippen molar-refractivity contribution in [1.29, 1.82) is 0 Å². The SMILES string of the molecule is CC(C)CC(C(N)=O)n1cccc(CCN(C)C)c1=O.COC(=O)CCc1cccc(-c2c(C)cccc2C)c1. The minimum Gasteiger partial charge on any atom is -0.469 e. The molecule has 0 aliphatic carbocycles. The fraction of sp³-hybridized carbons (Fsp3) is 0.424. The van der Waals surface area contributed by atoms with Crippen LogP contribution in [-0.4, -0.2) is 49.1 Å². The van der Waals surface area contributed by atoms with Crippen LogP contribution < -0.4 is 11.3 Å². The fourth-order valence-corrected chi connectivity index (χ4v) is 4.65. The molecule has 216 valence electrons. The van der Waals surface area contributed by atoms with E-state index in [4.69, 9.17) is 5.73 Å². The molecule has 0 radical (unpaired) electrons. The van der Waals surface area contributed by atoms with Crippen LogP contribution in [0.4, 0.5) is 0 Å². The average molecular weight is 548 g/mol. The van der Waals surface area contributed by atoms with E-state index in [2.05, 4.69) is 55.0 Å². The molecule has 7 nitrogen and oxygen atoms in total. The van der Waals surface area contributed by atoms with E-state index in [1.54, 1.807) is 6.20 Å². The monoisotopic (exact) mass is 547 g/mol. The Morgan fingerprint density at radius 2 is 1.62 bits per heavy atom. The Hall–Kier alpha value is -3.71. The normalized spacial score (nSPS) is 11.6. The number of nitrogens with two attached hydrogens (primary N) is 1. The van der Waals surface area contributed by atoms with Gasteiger partial charge >= 0.3 is 5.97 Å². The quantitative estimate of drug-likeness (QED) is 0.337. The van der Waals surface area contributed by atoms with Gasteiger partial charge in [-0.3, -0.25) is 14.4 Å². The lowest BCUT2D eigenvalue weighted by Gasteiger charge is -2.19. The van der Waals surface area contributed by atoms with Crippen molar-refractivity contribution in [3.8, 4) is 11.1 Å². The zero-order valence-electron chi connectivity index (χ0n) is 25.1. The van der Waals surface area contributed by atoms with E-state index in [0.29, 0.717) is 31.6 Å². The first kappa shape index (κ1) is 32.5. The third-order valence-electron chi connectivity index (χ3n) is 6.78. The molecule has 0 fully saturated rings. The second-order valence-electron chi connectivity index (χ2n) is 10.9. The number of carbonyl (C=O) groups excluding carboxylic acids is 2. The maximum atomic E-state index is 12.4. The van der Waals surface area contributed by atoms with Crippen molar-refractivity contribution >= 4 is 11.9 Å². The summed E-state index contributed by atoms with van der Waals surface area (Å²) in [5.74, 6) is -0.321. The van der Waals surface area contributed by atoms with Gasteiger partial charge in [0, 0.05) is 24.7 Å². The summed E-state index contributed by atoms with van der Waals surface area (Å²) in [5.41, 5.74) is 12.3. The molecule has 3 aromatic rings. The standard InChI is InChI=1S/C18H20O2.C15H25N3O2/c1-13-6-4-7-14(2)18(13)16-9-5-8-15(12-16)10-11-17(19)20-3;1-11(2)10-13(14(16)19)18-8-5-6-12(15(18)20)7-9-17(3)4/h4-9,12H,10-11H2,1-3H3;5-6,8,11,13H,7,9-10H2,1-4H3,(H2,16,19). The van der Waals surface area contributed by atoms with E-state index in [0.717, 1.165) is 17.7 Å². The average Bonchev–Trinajstić information content (AvgIpc) is 2.90. The lowest BCUT2D eigenvalue weighted by molar-refractivity contribution is -0.140. The molecule has 40 heavy (non-hydrogen) atoms. The van der Waals surface area contributed by atoms with Gasteiger partial charge in [0.1, 0.15) is 6.04 Å². The highest BCUT2D eigenvalue weighted by atomic mass is 16.5. The number of primary amides is 1. The second-order valence-corrected chi connectivity index (χ2v) is 10.9. The van der Waals surface area contributed by atoms with Crippen LogP contribution >= 0.6 is 0 Å². The molecule has 0 bridgehead atoms. The Morgan fingerprint density at radius 1 is 0.975 bits per heavy atom. The third-order valence-corrected chi connectivity index (χ3v) is 6.78. The summed E-state index contributed by atoms with van der Waals surface area (Å²) in [6.07, 6.45) is 4.03. The lowest BCUT2D eigenvalue weighted by atomic mass is 9.94. The number of aryl methyl sites for hydroxylation is 3. The number of amides is 1. The highest BCUT2D eigenvalue weighted by molar-refractivity contribution is 5.78. The number of likely N-dealkylation sites (N-methyl/N-ethyl adjacent to an activating group) is 1. The van der Waals surface area contributed by atoms with Crippen molar-refractivity contribution in [2.45, 2.75) is 59.4 Å². The van der Waals surface area contributed by atoms with Gasteiger partial charge in [0.05, 0.1) is 7.11 Å². The summed E-state index contributed by atoms with van der Waals surface area (Å²) in [7, 11) is 5.36. The van der Waals surface area contributed by atoms with E-state index in [1.165, 1.54) is 33.9 Å². The number of ether oxygens (including phenoxy) is 1. The smallest absolute Gasteiger partial charge is 0.305 e. The Bertz CT molecular complexity index is 1310. The van der Waals surface area contributed by atoms with Gasteiger partial charge in [-0.1, -0.05) is 62.4 Å². The summed E-state index contributed by atoms with van der Waals surface area (Å²) >= 11 is 0. The Morgan fingerprint density at radius 3 is 2.20 bits per heavy atom. The number of methoxy groups -OCH3 is 1. The molecule has 1 atom stereocenters. The van der Waals surface area contributed by atoms with Crippen LogP contribution in [0.15, 0.2) is 65.6 Å². The molecule has 3 rings (SSSR count). The topological polar surface area (TPSA) is 94.6 Å². The van der Waals surface area contributed by atoms with Gasteiger partial charge in [-0.15, -0.1) is 0 Å². The van der Waals surface area contributed by atoms with Crippen LogP contribution in [-0.2, 0) is 27.2 Å². The van der Waals surface area contributed by atoms with Crippen molar-refractivity contribution in [2.24, 2.45) is 11.7 Å². The number of nitrogens with zero attached hydrogens (tertiary/aromatic N) is 2. The molecule has 1 unspecified atom stereocenters. The van der Waals surface area contributed by atoms with Crippen molar-refractivity contribution in [2.75, 3.05) is 27.7 Å². The number of hydrogen-bond acceptors (Lipinski definition) is 5. The zero-order valence-corrected chi connectivity index (χ0v) is 25.1. The Kier molecular flexibility index (Phi) is 12.8. The van der Waals surface area contributed by atoms with Crippen molar-refractivity contribution in [1.82, 2.24) is 9.47 Å². The Balaban J connectivity index is 0.000000280. The molecule has 0 saturated heterocycles. The van der Waals surface area contributed by atoms with Crippen LogP contribution in [0.2, 0.25) is 0 Å². The van der Waals surface area contributed by atoms with Crippen molar-refractivity contribution in [3.05, 3.63) is 93.4 Å². The molecule has 7 heteroatoms. The minimum absolute atomic E-state index is 0.112. The van der Waals surface area contributed by atoms with Crippen LogP contribution in [0.1, 0.15) is 55.0 Å². The van der Waals surface area contributed by atoms with E-state index >= 15 is 0 Å². The highest BCUT2D eigenvalue weighted by Gasteiger charge is 2.20. The number of benzene rings is 2. The predicted octanol–water partition coefficient (Wildman–Crippen LogP) is 5.10. The zero-order chi connectivity index (χ0) is 29.8. The first-order chi connectivity index (χ1) is 18.9. The number of carbonyl (C=O) groups is 2. The van der Waals surface area contributed by atoms with Gasteiger partial charge in [0.25, 0.3) is 5.56 Å². The molecular formula is C33H45N3O4. The molecule has 1 amide bonds. The summed E-state index contributed by atoms with van der Waals surface area (Å²) in [4.78, 5) is 37.3. The molecular weight excluding hydrogens is 502 g/mol. The first-order valence-corrected chi connectivity index (χ1v) is 13.8. The van der Waals surface area contributed by atoms with Crippen LogP contribution in [0.3, 0.4) is 0 Å². The molecule has 1 heterocycles. The van der Waals surface area contributed by atoms with Gasteiger partial charge < -0.3 is 19.9 Å². The Labute approximate surface area is 239 Å². The van der Waals surface area contributed by atoms with E-state index in [9.17, 15) is 14.4 Å². The largest absolute Gasteiger partial charge is 0.469 e. The third kappa shape index (κ3) is 9.79. The first-order valence-electron chi connectivity index (χ1n) is 13.8. The van der Waals surface area contributed by atoms with Gasteiger partial charge in [-0.2, -0.15) is 0 Å². The van der Waals surface area contributed by atoms with Gasteiger partial charge in [-0.05, 0) is 87.0 Å². The molecule has 2 aromatic carbocycles. The van der Waals surface area contributed by atoms with Crippen molar-refractivity contribution in [3.63, 3.8) is 0 Å². The van der Waals surface area contributed by atoms with Crippen molar-refractivity contribution < 1.29 is 14.3 Å². The van der Waals surface area contributed by atoms with E-state index < -0.39 is 11.9 Å². The van der Waals surface area contributed by atoms with Crippen LogP contribution in [0, 0.1) is 19.8 Å².